The minimum Gasteiger partial charge on any atom is -0.493 e. The molecule has 6 heteroatoms. The maximum absolute atomic E-state index is 12.3. The van der Waals surface area contributed by atoms with Crippen molar-refractivity contribution in [3.63, 3.8) is 0 Å². The van der Waals surface area contributed by atoms with Crippen LogP contribution in [0.15, 0.2) is 66.7 Å². The van der Waals surface area contributed by atoms with Crippen molar-refractivity contribution in [3.8, 4) is 11.5 Å². The fourth-order valence-corrected chi connectivity index (χ4v) is 4.22. The quantitative estimate of drug-likeness (QED) is 0.267. The topological polar surface area (TPSA) is 65.4 Å². The number of imidazole rings is 1. The summed E-state index contributed by atoms with van der Waals surface area (Å²) in [4.78, 5) is 17.1. The Morgan fingerprint density at radius 3 is 2.53 bits per heavy atom. The Bertz CT molecular complexity index is 1310. The first-order valence-corrected chi connectivity index (χ1v) is 12.6. The predicted octanol–water partition coefficient (Wildman–Crippen LogP) is 5.56. The third-order valence-corrected chi connectivity index (χ3v) is 6.21. The highest BCUT2D eigenvalue weighted by Crippen LogP contribution is 2.20. The Balaban J connectivity index is 1.27. The number of hydrogen-bond acceptors (Lipinski definition) is 4. The number of amides is 1. The summed E-state index contributed by atoms with van der Waals surface area (Å²) in [6, 6.07) is 22.3. The number of ether oxygens (including phenoxy) is 2. The monoisotopic (exact) mass is 485 g/mol. The number of carbonyl (C=O) groups is 1. The molecule has 0 aliphatic carbocycles. The average molecular weight is 486 g/mol. The summed E-state index contributed by atoms with van der Waals surface area (Å²) in [5, 5.41) is 2.97. The van der Waals surface area contributed by atoms with Crippen molar-refractivity contribution in [2.24, 2.45) is 0 Å². The van der Waals surface area contributed by atoms with Gasteiger partial charge in [-0.05, 0) is 74.6 Å². The number of rotatable bonds is 12. The van der Waals surface area contributed by atoms with Gasteiger partial charge in [-0.15, -0.1) is 0 Å². The fourth-order valence-electron chi connectivity index (χ4n) is 4.22. The second-order valence-electron chi connectivity index (χ2n) is 9.15. The molecule has 4 rings (SSSR count). The van der Waals surface area contributed by atoms with Crippen LogP contribution in [0.3, 0.4) is 0 Å². The van der Waals surface area contributed by atoms with Crippen LogP contribution in [-0.2, 0) is 17.8 Å². The third kappa shape index (κ3) is 6.66. The number of nitrogens with zero attached hydrogens (tertiary/aromatic N) is 2. The molecule has 0 bridgehead atoms. The zero-order valence-electron chi connectivity index (χ0n) is 21.4. The van der Waals surface area contributed by atoms with E-state index in [2.05, 4.69) is 28.9 Å². The molecule has 0 aliphatic rings. The molecule has 0 fully saturated rings. The van der Waals surface area contributed by atoms with Crippen LogP contribution in [-0.4, -0.2) is 35.2 Å². The summed E-state index contributed by atoms with van der Waals surface area (Å²) >= 11 is 0. The predicted molar refractivity (Wildman–Crippen MR) is 144 cm³/mol. The minimum atomic E-state index is -0.113. The van der Waals surface area contributed by atoms with Gasteiger partial charge in [0.15, 0.2) is 6.61 Å². The summed E-state index contributed by atoms with van der Waals surface area (Å²) in [5.41, 5.74) is 5.41. The van der Waals surface area contributed by atoms with E-state index in [0.717, 1.165) is 70.9 Å². The van der Waals surface area contributed by atoms with Gasteiger partial charge in [-0.3, -0.25) is 4.79 Å². The molecule has 1 N–H and O–H groups in total. The van der Waals surface area contributed by atoms with Crippen LogP contribution in [0, 0.1) is 20.8 Å². The van der Waals surface area contributed by atoms with E-state index in [1.54, 1.807) is 0 Å². The van der Waals surface area contributed by atoms with Gasteiger partial charge >= 0.3 is 0 Å². The molecular formula is C30H35N3O3. The Morgan fingerprint density at radius 1 is 0.889 bits per heavy atom. The normalized spacial score (nSPS) is 11.0. The summed E-state index contributed by atoms with van der Waals surface area (Å²) in [7, 11) is 0. The molecule has 0 unspecified atom stereocenters. The first-order valence-electron chi connectivity index (χ1n) is 12.6. The van der Waals surface area contributed by atoms with E-state index in [0.29, 0.717) is 13.2 Å². The van der Waals surface area contributed by atoms with Crippen molar-refractivity contribution >= 4 is 16.9 Å². The van der Waals surface area contributed by atoms with Crippen molar-refractivity contribution in [1.29, 1.82) is 0 Å². The molecule has 6 nitrogen and oxygen atoms in total. The number of fused-ring (bicyclic) bond motifs is 1. The van der Waals surface area contributed by atoms with Crippen molar-refractivity contribution in [2.45, 2.75) is 46.6 Å². The van der Waals surface area contributed by atoms with E-state index >= 15 is 0 Å². The lowest BCUT2D eigenvalue weighted by Gasteiger charge is -2.12. The number of hydrogen-bond donors (Lipinski definition) is 1. The zero-order chi connectivity index (χ0) is 25.3. The number of carbonyl (C=O) groups excluding carboxylic acids is 1. The molecule has 0 radical (unpaired) electrons. The van der Waals surface area contributed by atoms with Crippen LogP contribution < -0.4 is 14.8 Å². The van der Waals surface area contributed by atoms with Crippen LogP contribution in [0.5, 0.6) is 11.5 Å². The number of aryl methyl sites for hydroxylation is 5. The Kier molecular flexibility index (Phi) is 8.61. The van der Waals surface area contributed by atoms with Crippen LogP contribution in [0.25, 0.3) is 11.0 Å². The molecule has 0 saturated carbocycles. The molecule has 188 valence electrons. The molecule has 4 aromatic rings. The standard InChI is InChI=1S/C30H35N3O3/c1-22-15-16-24(3)28(20-22)36-21-30(34)31-17-8-14-29-32-25-11-5-6-12-26(25)33(29)18-9-19-35-27-13-7-4-10-23(27)2/h4-7,10-13,15-16,20H,8-9,14,17-19,21H2,1-3H3,(H,31,34). The van der Waals surface area contributed by atoms with Gasteiger partial charge in [-0.25, -0.2) is 4.98 Å². The van der Waals surface area contributed by atoms with Gasteiger partial charge in [0.25, 0.3) is 5.91 Å². The second-order valence-corrected chi connectivity index (χ2v) is 9.15. The van der Waals surface area contributed by atoms with Gasteiger partial charge in [-0.1, -0.05) is 42.5 Å². The average Bonchev–Trinajstić information content (AvgIpc) is 3.23. The maximum atomic E-state index is 12.3. The molecule has 1 amide bonds. The highest BCUT2D eigenvalue weighted by atomic mass is 16.5. The minimum absolute atomic E-state index is 0.0176. The number of para-hydroxylation sites is 3. The van der Waals surface area contributed by atoms with Crippen molar-refractivity contribution in [1.82, 2.24) is 14.9 Å². The largest absolute Gasteiger partial charge is 0.493 e. The lowest BCUT2D eigenvalue weighted by molar-refractivity contribution is -0.123. The molecule has 0 spiro atoms. The first kappa shape index (κ1) is 25.3. The van der Waals surface area contributed by atoms with Crippen LogP contribution in [0.1, 0.15) is 35.4 Å². The van der Waals surface area contributed by atoms with E-state index in [1.165, 1.54) is 0 Å². The highest BCUT2D eigenvalue weighted by molar-refractivity contribution is 5.77. The number of aromatic nitrogens is 2. The van der Waals surface area contributed by atoms with Crippen LogP contribution in [0.4, 0.5) is 0 Å². The Labute approximate surface area is 213 Å². The van der Waals surface area contributed by atoms with Crippen LogP contribution >= 0.6 is 0 Å². The second kappa shape index (κ2) is 12.2. The van der Waals surface area contributed by atoms with Crippen molar-refractivity contribution in [2.75, 3.05) is 19.8 Å². The molecule has 0 atom stereocenters. The zero-order valence-corrected chi connectivity index (χ0v) is 21.4. The summed E-state index contributed by atoms with van der Waals surface area (Å²) in [5.74, 6) is 2.61. The van der Waals surface area contributed by atoms with Gasteiger partial charge in [0, 0.05) is 19.5 Å². The number of nitrogens with one attached hydrogen (secondary N) is 1. The van der Waals surface area contributed by atoms with E-state index in [1.807, 2.05) is 68.4 Å². The molecule has 0 aliphatic heterocycles. The smallest absolute Gasteiger partial charge is 0.257 e. The van der Waals surface area contributed by atoms with E-state index in [-0.39, 0.29) is 12.5 Å². The molecular weight excluding hydrogens is 450 g/mol. The lowest BCUT2D eigenvalue weighted by Crippen LogP contribution is -2.30. The first-order chi connectivity index (χ1) is 17.5. The Hall–Kier alpha value is -3.80. The van der Waals surface area contributed by atoms with Gasteiger partial charge in [0.05, 0.1) is 17.6 Å². The SMILES string of the molecule is Cc1ccc(C)c(OCC(=O)NCCCc2nc3ccccc3n2CCCOc2ccccc2C)c1. The van der Waals surface area contributed by atoms with Gasteiger partial charge in [0.1, 0.15) is 17.3 Å². The molecule has 3 aromatic carbocycles. The molecule has 36 heavy (non-hydrogen) atoms. The van der Waals surface area contributed by atoms with E-state index < -0.39 is 0 Å². The fraction of sp³-hybridized carbons (Fsp3) is 0.333. The Morgan fingerprint density at radius 2 is 1.67 bits per heavy atom. The van der Waals surface area contributed by atoms with Gasteiger partial charge in [-0.2, -0.15) is 0 Å². The summed E-state index contributed by atoms with van der Waals surface area (Å²) in [6.45, 7) is 8.12. The number of benzene rings is 3. The van der Waals surface area contributed by atoms with Crippen molar-refractivity contribution < 1.29 is 14.3 Å². The van der Waals surface area contributed by atoms with Gasteiger partial charge < -0.3 is 19.4 Å². The molecule has 1 aromatic heterocycles. The highest BCUT2D eigenvalue weighted by Gasteiger charge is 2.11. The lowest BCUT2D eigenvalue weighted by atomic mass is 10.1. The van der Waals surface area contributed by atoms with Gasteiger partial charge in [0.2, 0.25) is 0 Å². The van der Waals surface area contributed by atoms with E-state index in [4.69, 9.17) is 14.5 Å². The van der Waals surface area contributed by atoms with Crippen molar-refractivity contribution in [3.05, 3.63) is 89.2 Å². The summed E-state index contributed by atoms with van der Waals surface area (Å²) in [6.07, 6.45) is 2.47. The van der Waals surface area contributed by atoms with Crippen LogP contribution in [0.2, 0.25) is 0 Å². The molecule has 1 heterocycles. The van der Waals surface area contributed by atoms with E-state index in [9.17, 15) is 4.79 Å². The summed E-state index contributed by atoms with van der Waals surface area (Å²) < 4.78 is 14.0. The maximum Gasteiger partial charge on any atom is 0.257 e. The molecule has 0 saturated heterocycles. The third-order valence-electron chi connectivity index (χ3n) is 6.21.